The van der Waals surface area contributed by atoms with Crippen LogP contribution >= 0.6 is 10.7 Å². The van der Waals surface area contributed by atoms with Gasteiger partial charge in [0.2, 0.25) is 0 Å². The molecule has 6 heteroatoms. The van der Waals surface area contributed by atoms with Crippen molar-refractivity contribution in [1.29, 1.82) is 0 Å². The molecule has 0 aliphatic carbocycles. The zero-order valence-corrected chi connectivity index (χ0v) is 12.4. The molecule has 2 rings (SSSR count). The fraction of sp³-hybridized carbons (Fsp3) is 0.538. The van der Waals surface area contributed by atoms with E-state index in [1.807, 2.05) is 13.8 Å². The second kappa shape index (κ2) is 5.97. The van der Waals surface area contributed by atoms with Crippen molar-refractivity contribution in [2.75, 3.05) is 13.2 Å². The zero-order chi connectivity index (χ0) is 14.0. The van der Waals surface area contributed by atoms with E-state index < -0.39 is 10.4 Å². The summed E-state index contributed by atoms with van der Waals surface area (Å²) in [4.78, 5) is 0.439. The average molecular weight is 307 g/mol. The summed E-state index contributed by atoms with van der Waals surface area (Å²) in [6.07, 6.45) is 0.135. The summed E-state index contributed by atoms with van der Waals surface area (Å²) in [5.74, 6) is -0.370. The standard InChI is InChI=1S/C13H16ClFO3S/c1-13(2,12-17-5-6-18-12)8-9-7-10(15)3-4-11(9)19(14)16/h3-4,7,12H,5-6,8H2,1-2H3. The Morgan fingerprint density at radius 3 is 2.63 bits per heavy atom. The van der Waals surface area contributed by atoms with Crippen LogP contribution in [0.3, 0.4) is 0 Å². The first kappa shape index (κ1) is 15.1. The number of hydrogen-bond donors (Lipinski definition) is 0. The predicted molar refractivity (Wildman–Crippen MR) is 71.8 cm³/mol. The first-order valence-corrected chi connectivity index (χ1v) is 7.97. The highest BCUT2D eigenvalue weighted by molar-refractivity contribution is 8.13. The Morgan fingerprint density at radius 1 is 1.42 bits per heavy atom. The Morgan fingerprint density at radius 2 is 2.05 bits per heavy atom. The summed E-state index contributed by atoms with van der Waals surface area (Å²) in [5.41, 5.74) is 0.271. The number of hydrogen-bond acceptors (Lipinski definition) is 3. The Hall–Kier alpha value is -0.330. The average Bonchev–Trinajstić information content (AvgIpc) is 2.81. The van der Waals surface area contributed by atoms with Crippen LogP contribution in [0.25, 0.3) is 0 Å². The Kier molecular flexibility index (Phi) is 4.74. The topological polar surface area (TPSA) is 41.5 Å². The van der Waals surface area contributed by atoms with Crippen molar-refractivity contribution in [3.05, 3.63) is 29.6 Å². The van der Waals surface area contributed by atoms with E-state index in [0.29, 0.717) is 30.1 Å². The van der Waals surface area contributed by atoms with Gasteiger partial charge < -0.3 is 14.0 Å². The lowest BCUT2D eigenvalue weighted by molar-refractivity contribution is -0.119. The number of halogens is 2. The van der Waals surface area contributed by atoms with Crippen LogP contribution in [0.2, 0.25) is 0 Å². The monoisotopic (exact) mass is 306 g/mol. The van der Waals surface area contributed by atoms with Crippen molar-refractivity contribution in [2.24, 2.45) is 5.41 Å². The summed E-state index contributed by atoms with van der Waals surface area (Å²) in [5, 5.41) is 0. The fourth-order valence-electron chi connectivity index (χ4n) is 2.23. The highest BCUT2D eigenvalue weighted by atomic mass is 35.7. The maximum Gasteiger partial charge on any atom is 0.181 e. The zero-order valence-electron chi connectivity index (χ0n) is 10.8. The molecule has 1 unspecified atom stereocenters. The molecule has 0 spiro atoms. The molecule has 0 radical (unpaired) electrons. The third kappa shape index (κ3) is 3.61. The molecule has 0 saturated carbocycles. The highest BCUT2D eigenvalue weighted by Crippen LogP contribution is 2.34. The quantitative estimate of drug-likeness (QED) is 0.803. The summed E-state index contributed by atoms with van der Waals surface area (Å²) in [6.45, 7) is 5.06. The third-order valence-corrected chi connectivity index (χ3v) is 4.34. The SMILES string of the molecule is CC(C)(Cc1cc(F)ccc1[S+]([O-])Cl)C1OCCO1. The molecule has 1 aliphatic heterocycles. The lowest BCUT2D eigenvalue weighted by atomic mass is 9.85. The van der Waals surface area contributed by atoms with Crippen LogP contribution in [-0.2, 0) is 26.3 Å². The molecule has 1 atom stereocenters. The third-order valence-electron chi connectivity index (χ3n) is 3.10. The van der Waals surface area contributed by atoms with E-state index >= 15 is 0 Å². The van der Waals surface area contributed by atoms with Gasteiger partial charge in [-0.1, -0.05) is 13.8 Å². The Balaban J connectivity index is 2.23. The smallest absolute Gasteiger partial charge is 0.181 e. The van der Waals surface area contributed by atoms with E-state index in [4.69, 9.17) is 20.2 Å². The molecule has 1 aromatic rings. The van der Waals surface area contributed by atoms with Gasteiger partial charge in [0.05, 0.1) is 13.2 Å². The molecule has 0 amide bonds. The van der Waals surface area contributed by atoms with Crippen molar-refractivity contribution in [2.45, 2.75) is 31.5 Å². The summed E-state index contributed by atoms with van der Waals surface area (Å²) >= 11 is 0. The van der Waals surface area contributed by atoms with Gasteiger partial charge in [-0.15, -0.1) is 0 Å². The van der Waals surface area contributed by atoms with E-state index in [2.05, 4.69) is 0 Å². The minimum absolute atomic E-state index is 0.340. The van der Waals surface area contributed by atoms with E-state index in [0.717, 1.165) is 0 Å². The molecule has 106 valence electrons. The number of ether oxygens (including phenoxy) is 2. The number of rotatable bonds is 4. The van der Waals surface area contributed by atoms with Gasteiger partial charge in [-0.05, 0) is 24.6 Å². The number of benzene rings is 1. The van der Waals surface area contributed by atoms with Crippen LogP contribution in [0.1, 0.15) is 19.4 Å². The lowest BCUT2D eigenvalue weighted by Gasteiger charge is -2.30. The molecule has 1 fully saturated rings. The van der Waals surface area contributed by atoms with Crippen LogP contribution in [0, 0.1) is 11.2 Å². The molecule has 0 bridgehead atoms. The molecule has 0 N–H and O–H groups in total. The molecule has 1 aliphatic rings. The largest absolute Gasteiger partial charge is 0.594 e. The predicted octanol–water partition coefficient (Wildman–Crippen LogP) is 3.03. The van der Waals surface area contributed by atoms with Gasteiger partial charge in [-0.2, -0.15) is 0 Å². The van der Waals surface area contributed by atoms with Crippen LogP contribution < -0.4 is 0 Å². The summed E-state index contributed by atoms with van der Waals surface area (Å²) in [6, 6.07) is 4.08. The first-order valence-electron chi connectivity index (χ1n) is 6.00. The van der Waals surface area contributed by atoms with E-state index in [1.54, 1.807) is 0 Å². The van der Waals surface area contributed by atoms with Crippen molar-refractivity contribution in [3.8, 4) is 0 Å². The van der Waals surface area contributed by atoms with Crippen LogP contribution in [0.4, 0.5) is 4.39 Å². The minimum atomic E-state index is -1.66. The lowest BCUT2D eigenvalue weighted by Crippen LogP contribution is -2.32. The van der Waals surface area contributed by atoms with Gasteiger partial charge in [-0.3, -0.25) is 0 Å². The van der Waals surface area contributed by atoms with E-state index in [-0.39, 0.29) is 17.5 Å². The molecule has 1 saturated heterocycles. The van der Waals surface area contributed by atoms with Gasteiger partial charge in [0.25, 0.3) is 0 Å². The summed E-state index contributed by atoms with van der Waals surface area (Å²) < 4.78 is 35.8. The van der Waals surface area contributed by atoms with Gasteiger partial charge >= 0.3 is 0 Å². The van der Waals surface area contributed by atoms with Crippen molar-refractivity contribution >= 4 is 21.1 Å². The second-order valence-corrected chi connectivity index (χ2v) is 6.94. The van der Waals surface area contributed by atoms with Gasteiger partial charge in [0.1, 0.15) is 16.2 Å². The van der Waals surface area contributed by atoms with Crippen LogP contribution in [0.5, 0.6) is 0 Å². The van der Waals surface area contributed by atoms with Crippen LogP contribution in [0.15, 0.2) is 23.1 Å². The molecule has 19 heavy (non-hydrogen) atoms. The van der Waals surface area contributed by atoms with Gasteiger partial charge in [-0.25, -0.2) is 4.39 Å². The van der Waals surface area contributed by atoms with Crippen molar-refractivity contribution in [3.63, 3.8) is 0 Å². The Labute approximate surface area is 119 Å². The molecule has 0 aromatic heterocycles. The maximum absolute atomic E-state index is 13.4. The van der Waals surface area contributed by atoms with Gasteiger partial charge in [0.15, 0.2) is 21.9 Å². The molecular formula is C13H16ClFO3S. The van der Waals surface area contributed by atoms with Gasteiger partial charge in [0, 0.05) is 11.0 Å². The van der Waals surface area contributed by atoms with E-state index in [9.17, 15) is 8.94 Å². The van der Waals surface area contributed by atoms with E-state index in [1.165, 1.54) is 18.2 Å². The molecule has 3 nitrogen and oxygen atoms in total. The molecule has 1 aromatic carbocycles. The van der Waals surface area contributed by atoms with Crippen LogP contribution in [-0.4, -0.2) is 24.1 Å². The molecule has 1 heterocycles. The highest BCUT2D eigenvalue weighted by Gasteiger charge is 2.36. The second-order valence-electron chi connectivity index (χ2n) is 5.21. The first-order chi connectivity index (χ1) is 8.90. The van der Waals surface area contributed by atoms with Crippen molar-refractivity contribution in [1.82, 2.24) is 0 Å². The van der Waals surface area contributed by atoms with Crippen molar-refractivity contribution < 1.29 is 18.4 Å². The summed E-state index contributed by atoms with van der Waals surface area (Å²) in [7, 11) is 3.98. The fourth-order valence-corrected chi connectivity index (χ4v) is 3.19. The molecular weight excluding hydrogens is 291 g/mol. The minimum Gasteiger partial charge on any atom is -0.594 e. The maximum atomic E-state index is 13.4. The normalized spacial score (nSPS) is 18.8. The Bertz CT molecular complexity index is 448.